The van der Waals surface area contributed by atoms with Gasteiger partial charge >= 0.3 is 11.9 Å². The molecule has 0 radical (unpaired) electrons. The van der Waals surface area contributed by atoms with Gasteiger partial charge in [-0.15, -0.1) is 0 Å². The Morgan fingerprint density at radius 2 is 1.03 bits per heavy atom. The molecular formula is C42H42N10O6S2. The van der Waals surface area contributed by atoms with Crippen LogP contribution >= 0.6 is 24.4 Å². The highest BCUT2D eigenvalue weighted by atomic mass is 32.1. The number of hydrogen-bond acceptors (Lipinski definition) is 10. The monoisotopic (exact) mass is 846 g/mol. The number of thiocarbonyl (C=S) groups is 2. The molecule has 2 aromatic heterocycles. The number of carboxylic acids is 2. The lowest BCUT2D eigenvalue weighted by molar-refractivity contribution is 0.0686. The third-order valence-electron chi connectivity index (χ3n) is 9.35. The van der Waals surface area contributed by atoms with E-state index in [1.54, 1.807) is 38.1 Å². The molecule has 0 atom stereocenters. The highest BCUT2D eigenvalue weighted by Gasteiger charge is 2.18. The van der Waals surface area contributed by atoms with Gasteiger partial charge in [0.1, 0.15) is 0 Å². The molecule has 0 spiro atoms. The van der Waals surface area contributed by atoms with E-state index in [-0.39, 0.29) is 33.1 Å². The normalized spacial score (nSPS) is 11.0. The van der Waals surface area contributed by atoms with Crippen molar-refractivity contribution < 1.29 is 30.0 Å². The summed E-state index contributed by atoms with van der Waals surface area (Å²) < 4.78 is 2.87. The number of hydrogen-bond donors (Lipinski definition) is 6. The van der Waals surface area contributed by atoms with Crippen molar-refractivity contribution in [2.75, 3.05) is 10.0 Å². The van der Waals surface area contributed by atoms with Crippen LogP contribution in [-0.4, -0.2) is 74.6 Å². The Labute approximate surface area is 355 Å². The van der Waals surface area contributed by atoms with E-state index in [0.717, 1.165) is 33.6 Å². The molecule has 308 valence electrons. The molecule has 8 N–H and O–H groups in total. The number of benzene rings is 4. The van der Waals surface area contributed by atoms with Crippen LogP contribution in [0.1, 0.15) is 65.5 Å². The Hall–Kier alpha value is -7.44. The van der Waals surface area contributed by atoms with Crippen molar-refractivity contribution in [3.05, 3.63) is 141 Å². The molecule has 0 saturated carbocycles. The van der Waals surface area contributed by atoms with E-state index in [1.807, 2.05) is 64.1 Å². The van der Waals surface area contributed by atoms with Gasteiger partial charge in [0.2, 0.25) is 11.8 Å². The molecule has 16 nitrogen and oxygen atoms in total. The minimum atomic E-state index is -1.08. The van der Waals surface area contributed by atoms with Crippen molar-refractivity contribution in [3.63, 3.8) is 0 Å². The Balaban J connectivity index is 0.000000228. The van der Waals surface area contributed by atoms with Crippen molar-refractivity contribution in [1.29, 1.82) is 0 Å². The lowest BCUT2D eigenvalue weighted by atomic mass is 10.1. The molecule has 0 unspecified atom stereocenters. The summed E-state index contributed by atoms with van der Waals surface area (Å²) in [6.45, 7) is 11.5. The number of nitrogens with two attached hydrogens (primary N) is 2. The Morgan fingerprint density at radius 1 is 0.600 bits per heavy atom. The van der Waals surface area contributed by atoms with Gasteiger partial charge in [-0.2, -0.15) is 20.4 Å². The molecule has 18 heteroatoms. The third-order valence-corrected chi connectivity index (χ3v) is 9.70. The van der Waals surface area contributed by atoms with Gasteiger partial charge in [-0.3, -0.25) is 0 Å². The van der Waals surface area contributed by atoms with E-state index < -0.39 is 11.9 Å². The number of nitrogens with zero attached hydrogens (tertiary/aromatic N) is 8. The number of rotatable bonds is 10. The van der Waals surface area contributed by atoms with Gasteiger partial charge in [0.05, 0.1) is 68.8 Å². The summed E-state index contributed by atoms with van der Waals surface area (Å²) in [7, 11) is 0. The molecule has 0 aliphatic rings. The van der Waals surface area contributed by atoms with Gasteiger partial charge in [0.25, 0.3) is 0 Å². The van der Waals surface area contributed by atoms with Gasteiger partial charge in [0, 0.05) is 0 Å². The summed E-state index contributed by atoms with van der Waals surface area (Å²) in [6.07, 6.45) is 2.81. The highest BCUT2D eigenvalue weighted by Crippen LogP contribution is 2.27. The van der Waals surface area contributed by atoms with Crippen LogP contribution in [0.4, 0.5) is 11.4 Å². The van der Waals surface area contributed by atoms with Crippen LogP contribution in [0, 0.1) is 41.5 Å². The number of aromatic nitrogens is 4. The molecule has 60 heavy (non-hydrogen) atoms. The molecule has 0 aliphatic carbocycles. The lowest BCUT2D eigenvalue weighted by Gasteiger charge is -2.17. The quantitative estimate of drug-likeness (QED) is 0.0486. The number of anilines is 2. The predicted molar refractivity (Wildman–Crippen MR) is 239 cm³/mol. The Bertz CT molecular complexity index is 2690. The van der Waals surface area contributed by atoms with Crippen molar-refractivity contribution in [2.24, 2.45) is 21.7 Å². The van der Waals surface area contributed by atoms with Crippen LogP contribution in [0.5, 0.6) is 11.8 Å². The maximum atomic E-state index is 11.2. The number of hydrazone groups is 2. The van der Waals surface area contributed by atoms with E-state index in [2.05, 4.69) is 20.4 Å². The second kappa shape index (κ2) is 18.4. The first-order valence-corrected chi connectivity index (χ1v) is 18.9. The summed E-state index contributed by atoms with van der Waals surface area (Å²) >= 11 is 10.1. The van der Waals surface area contributed by atoms with Crippen LogP contribution in [0.25, 0.3) is 11.4 Å². The summed E-state index contributed by atoms with van der Waals surface area (Å²) in [4.78, 5) is 22.3. The zero-order valence-corrected chi connectivity index (χ0v) is 35.0. The summed E-state index contributed by atoms with van der Waals surface area (Å²) in [6, 6.07) is 23.6. The van der Waals surface area contributed by atoms with Gasteiger partial charge in [0.15, 0.2) is 10.2 Å². The zero-order chi connectivity index (χ0) is 44.0. The predicted octanol–water partition coefficient (Wildman–Crippen LogP) is 6.57. The van der Waals surface area contributed by atoms with Crippen molar-refractivity contribution >= 4 is 70.4 Å². The van der Waals surface area contributed by atoms with Gasteiger partial charge < -0.3 is 31.9 Å². The van der Waals surface area contributed by atoms with E-state index in [1.165, 1.54) is 56.1 Å². The van der Waals surface area contributed by atoms with Crippen LogP contribution in [0.15, 0.2) is 95.1 Å². The van der Waals surface area contributed by atoms with Crippen molar-refractivity contribution in [2.45, 2.75) is 41.5 Å². The molecule has 0 bridgehead atoms. The fourth-order valence-electron chi connectivity index (χ4n) is 5.68. The lowest BCUT2D eigenvalue weighted by Crippen LogP contribution is -2.31. The smallest absolute Gasteiger partial charge is 0.335 e. The average Bonchev–Trinajstić information content (AvgIpc) is 3.65. The topological polar surface area (TPSA) is 234 Å². The first-order valence-electron chi connectivity index (χ1n) is 18.0. The summed E-state index contributed by atoms with van der Waals surface area (Å²) in [5.74, 6) is -2.26. The maximum Gasteiger partial charge on any atom is 0.335 e. The number of carboxylic acid groups (broad SMARTS) is 2. The fourth-order valence-corrected chi connectivity index (χ4v) is 5.98. The second-order valence-electron chi connectivity index (χ2n) is 13.5. The number of aromatic carboxylic acids is 2. The maximum absolute atomic E-state index is 11.2. The second-order valence-corrected chi connectivity index (χ2v) is 14.3. The van der Waals surface area contributed by atoms with E-state index in [9.17, 15) is 24.9 Å². The third kappa shape index (κ3) is 9.80. The Morgan fingerprint density at radius 3 is 1.43 bits per heavy atom. The van der Waals surface area contributed by atoms with E-state index in [4.69, 9.17) is 41.0 Å². The molecule has 0 fully saturated rings. The van der Waals surface area contributed by atoms with Crippen LogP contribution in [-0.2, 0) is 0 Å². The number of aryl methyl sites for hydroxylation is 6. The number of carbonyl (C=O) groups is 2. The van der Waals surface area contributed by atoms with Crippen LogP contribution in [0.3, 0.4) is 0 Å². The molecule has 0 saturated heterocycles. The molecule has 0 aliphatic heterocycles. The van der Waals surface area contributed by atoms with E-state index in [0.29, 0.717) is 33.9 Å². The molecule has 4 aromatic carbocycles. The SMILES string of the molecule is Cc1ccc(-n2nc(C)c(C=NN(C(N)=S)c3ccc(C(=O)O)cc3)c2O)cc1C.Cc1ccc(-n2nc(C)c(C=NN(C(N)=S)c3cccc(C(=O)O)c3)c2O)cc1C. The fraction of sp³-hybridized carbons (Fsp3) is 0.143. The highest BCUT2D eigenvalue weighted by molar-refractivity contribution is 7.80. The average molecular weight is 847 g/mol. The van der Waals surface area contributed by atoms with Gasteiger partial charge in [-0.05, 0) is 155 Å². The first kappa shape index (κ1) is 43.7. The summed E-state index contributed by atoms with van der Waals surface area (Å²) in [5, 5.41) is 59.4. The van der Waals surface area contributed by atoms with E-state index >= 15 is 0 Å². The number of aromatic hydroxyl groups is 2. The molecular weight excluding hydrogens is 805 g/mol. The zero-order valence-electron chi connectivity index (χ0n) is 33.4. The molecule has 2 heterocycles. The molecule has 6 rings (SSSR count). The van der Waals surface area contributed by atoms with Crippen molar-refractivity contribution in [1.82, 2.24) is 19.6 Å². The van der Waals surface area contributed by atoms with Gasteiger partial charge in [-0.1, -0.05) is 18.2 Å². The largest absolute Gasteiger partial charge is 0.493 e. The molecule has 0 amide bonds. The minimum absolute atomic E-state index is 0.0342. The van der Waals surface area contributed by atoms with Gasteiger partial charge in [-0.25, -0.2) is 29.0 Å². The molecule has 6 aromatic rings. The standard InChI is InChI=1S/2C21H21N5O3S/c1-12-4-7-17(10-13(12)2)25-19(27)18(14(3)24-25)11-23-26(21(22)30)16-8-5-15(6-9-16)20(28)29;1-12-7-8-17(9-13(12)2)25-19(27)18(14(3)24-25)11-23-26(21(22)30)16-6-4-5-15(10-16)20(28)29/h2*4-11,27H,1-3H3,(H2,22,30)(H,28,29). The summed E-state index contributed by atoms with van der Waals surface area (Å²) in [5.41, 5.74) is 20.5. The van der Waals surface area contributed by atoms with Crippen molar-refractivity contribution in [3.8, 4) is 23.1 Å². The Kier molecular flexibility index (Phi) is 13.4. The van der Waals surface area contributed by atoms with Crippen LogP contribution in [0.2, 0.25) is 0 Å². The minimum Gasteiger partial charge on any atom is -0.493 e. The first-order chi connectivity index (χ1) is 28.4. The van der Waals surface area contributed by atoms with Crippen LogP contribution < -0.4 is 21.5 Å².